The van der Waals surface area contributed by atoms with E-state index in [2.05, 4.69) is 35.2 Å². The molecule has 0 bridgehead atoms. The Morgan fingerprint density at radius 1 is 1.05 bits per heavy atom. The maximum atomic E-state index is 16.8. The molecule has 0 radical (unpaired) electrons. The molecule has 1 amide bonds. The summed E-state index contributed by atoms with van der Waals surface area (Å²) in [5, 5.41) is 22.0. The van der Waals surface area contributed by atoms with E-state index in [1.54, 1.807) is 30.3 Å². The highest BCUT2D eigenvalue weighted by molar-refractivity contribution is 7.54. The first-order valence-electron chi connectivity index (χ1n) is 19.1. The van der Waals surface area contributed by atoms with Crippen LogP contribution in [0.3, 0.4) is 0 Å². The van der Waals surface area contributed by atoms with E-state index in [1.807, 2.05) is 39.9 Å². The van der Waals surface area contributed by atoms with Gasteiger partial charge in [-0.3, -0.25) is 23.3 Å². The summed E-state index contributed by atoms with van der Waals surface area (Å²) >= 11 is 0. The Labute approximate surface area is 349 Å². The van der Waals surface area contributed by atoms with Gasteiger partial charge in [0.1, 0.15) is 30.3 Å². The van der Waals surface area contributed by atoms with Crippen LogP contribution in [-0.2, 0) is 32.1 Å². The van der Waals surface area contributed by atoms with Gasteiger partial charge in [0.25, 0.3) is 17.1 Å². The standard InChI is InChI=1S/C36H43FN10O11P2Si/c1-36(2,3)61(4,5)58-26-22(57-35(27(26)59(51)52)47-18-43-24-29(39-16-40-30(24)47)45-32(49)20-10-7-6-8-11-20)15-55-60(53,54-13-9-12-38)28-21(14-48)56-34(23(28)37)46-19-44-25-31(46)41-17-42-33(25)50/h6-8,10-11,16-19,21-23,26-28,34-35,48H,9,13-15H2,1-5H3,(H2-,39,40,41,42,45,49,50,51,52)/p+1/t21?,22?,23-,26-,27-,28-,34?,35?,60?/m1/s1. The molecule has 0 saturated carbocycles. The summed E-state index contributed by atoms with van der Waals surface area (Å²) in [7, 11) is -10.7. The van der Waals surface area contributed by atoms with Crippen LogP contribution in [0.2, 0.25) is 18.1 Å². The number of nitriles is 1. The summed E-state index contributed by atoms with van der Waals surface area (Å²) in [4.78, 5) is 59.9. The number of benzene rings is 1. The summed E-state index contributed by atoms with van der Waals surface area (Å²) in [6.45, 7) is 7.80. The number of alkyl halides is 1. The van der Waals surface area contributed by atoms with E-state index in [-0.39, 0.29) is 34.6 Å². The molecular weight excluding hydrogens is 857 g/mol. The molecule has 324 valence electrons. The van der Waals surface area contributed by atoms with Crippen molar-refractivity contribution in [1.82, 2.24) is 39.0 Å². The first kappa shape index (κ1) is 44.3. The zero-order valence-electron chi connectivity index (χ0n) is 33.6. The van der Waals surface area contributed by atoms with Crippen LogP contribution in [0.5, 0.6) is 0 Å². The lowest BCUT2D eigenvalue weighted by molar-refractivity contribution is -0.0410. The lowest BCUT2D eigenvalue weighted by Gasteiger charge is -2.39. The zero-order chi connectivity index (χ0) is 43.9. The number of carbonyl (C=O) groups excluding carboxylic acids is 1. The van der Waals surface area contributed by atoms with Gasteiger partial charge in [0.05, 0.1) is 51.3 Å². The predicted octanol–water partition coefficient (Wildman–Crippen LogP) is 4.34. The van der Waals surface area contributed by atoms with Crippen molar-refractivity contribution < 1.29 is 51.3 Å². The number of carbonyl (C=O) groups is 1. The number of halogens is 1. The predicted molar refractivity (Wildman–Crippen MR) is 217 cm³/mol. The minimum absolute atomic E-state index is 0.0435. The lowest BCUT2D eigenvalue weighted by atomic mass is 10.2. The number of amides is 1. The van der Waals surface area contributed by atoms with Crippen molar-refractivity contribution in [3.63, 3.8) is 0 Å². The van der Waals surface area contributed by atoms with Gasteiger partial charge in [0, 0.05) is 5.56 Å². The number of aromatic nitrogens is 8. The number of nitrogens with one attached hydrogen (secondary N) is 2. The Kier molecular flexibility index (Phi) is 12.8. The number of fused-ring (bicyclic) bond motifs is 2. The van der Waals surface area contributed by atoms with Crippen LogP contribution in [0.4, 0.5) is 10.2 Å². The topological polar surface area (TPSA) is 281 Å². The molecule has 2 aliphatic heterocycles. The number of imidazole rings is 2. The van der Waals surface area contributed by atoms with E-state index < -0.39 is 109 Å². The highest BCUT2D eigenvalue weighted by atomic mass is 31.2. The summed E-state index contributed by atoms with van der Waals surface area (Å²) in [6.07, 6.45) is -4.62. The highest BCUT2D eigenvalue weighted by Gasteiger charge is 2.62. The normalized spacial score (nSPS) is 25.7. The van der Waals surface area contributed by atoms with Crippen molar-refractivity contribution in [2.45, 2.75) is 93.6 Å². The van der Waals surface area contributed by atoms with Crippen LogP contribution in [0.25, 0.3) is 22.3 Å². The van der Waals surface area contributed by atoms with E-state index in [9.17, 15) is 34.0 Å². The maximum Gasteiger partial charge on any atom is 0.516 e. The Morgan fingerprint density at radius 3 is 2.39 bits per heavy atom. The van der Waals surface area contributed by atoms with Gasteiger partial charge in [-0.15, -0.1) is 0 Å². The summed E-state index contributed by atoms with van der Waals surface area (Å²) in [6, 6.07) is 10.3. The van der Waals surface area contributed by atoms with Gasteiger partial charge in [-0.2, -0.15) is 10.2 Å². The molecule has 7 rings (SSSR count). The molecule has 2 aliphatic rings. The molecule has 25 heteroatoms. The minimum atomic E-state index is -4.78. The average molecular weight is 902 g/mol. The molecule has 6 unspecified atom stereocenters. The first-order valence-corrected chi connectivity index (χ1v) is 24.9. The van der Waals surface area contributed by atoms with Gasteiger partial charge in [-0.1, -0.05) is 39.0 Å². The fraction of sp³-hybridized carbons (Fsp3) is 0.500. The van der Waals surface area contributed by atoms with E-state index in [0.29, 0.717) is 5.56 Å². The van der Waals surface area contributed by atoms with Crippen LogP contribution in [0, 0.1) is 11.3 Å². The summed E-state index contributed by atoms with van der Waals surface area (Å²) < 4.78 is 78.8. The highest BCUT2D eigenvalue weighted by Crippen LogP contribution is 2.61. The largest absolute Gasteiger partial charge is 0.516 e. The number of H-pyrrole nitrogens is 1. The first-order chi connectivity index (χ1) is 29.0. The van der Waals surface area contributed by atoms with E-state index in [1.165, 1.54) is 17.2 Å². The van der Waals surface area contributed by atoms with E-state index in [0.717, 1.165) is 17.2 Å². The molecule has 0 aliphatic carbocycles. The minimum Gasteiger partial charge on any atom is -0.406 e. The fourth-order valence-corrected chi connectivity index (χ4v) is 11.6. The zero-order valence-corrected chi connectivity index (χ0v) is 36.4. The second kappa shape index (κ2) is 17.6. The quantitative estimate of drug-likeness (QED) is 0.0646. The van der Waals surface area contributed by atoms with Crippen molar-refractivity contribution in [3.05, 3.63) is 71.6 Å². The molecule has 4 N–H and O–H groups in total. The van der Waals surface area contributed by atoms with Crippen LogP contribution < -0.4 is 10.9 Å². The number of aliphatic hydroxyl groups excluding tert-OH is 1. The molecule has 10 atom stereocenters. The maximum absolute atomic E-state index is 16.8. The van der Waals surface area contributed by atoms with Crippen molar-refractivity contribution in [1.29, 1.82) is 5.26 Å². The van der Waals surface area contributed by atoms with Gasteiger partial charge in [-0.25, -0.2) is 29.3 Å². The average Bonchev–Trinajstić information content (AvgIpc) is 4.00. The number of hydrogen-bond acceptors (Lipinski definition) is 16. The van der Waals surface area contributed by atoms with Crippen molar-refractivity contribution >= 4 is 58.0 Å². The number of nitrogens with zero attached hydrogens (tertiary/aromatic N) is 8. The second-order valence-corrected chi connectivity index (χ2v) is 24.0. The second-order valence-electron chi connectivity index (χ2n) is 15.9. The third kappa shape index (κ3) is 8.57. The van der Waals surface area contributed by atoms with Gasteiger partial charge in [-0.05, 0) is 34.8 Å². The molecule has 0 spiro atoms. The number of rotatable bonds is 15. The number of ether oxygens (including phenoxy) is 2. The van der Waals surface area contributed by atoms with E-state index in [4.69, 9.17) is 22.9 Å². The third-order valence-corrected chi connectivity index (χ3v) is 19.0. The molecule has 6 heterocycles. The SMILES string of the molecule is CC(C)(C)[Si](C)(C)O[C@@H]1C(COP(=O)(OCCC#N)[C@@H]2C(CO)OC(n3cnc4c(=O)[nH]cnc43)[C@@H]2F)OC(n2cnc3c(NC(=O)c4ccccc4)ncnc32)[C@@H]1[P+](=O)O. The van der Waals surface area contributed by atoms with E-state index >= 15 is 4.39 Å². The van der Waals surface area contributed by atoms with Crippen LogP contribution >= 0.6 is 15.6 Å². The Balaban J connectivity index is 1.23. The van der Waals surface area contributed by atoms with Gasteiger partial charge >= 0.3 is 15.6 Å². The summed E-state index contributed by atoms with van der Waals surface area (Å²) in [5.41, 5.74) is -3.22. The Morgan fingerprint density at radius 2 is 1.72 bits per heavy atom. The van der Waals surface area contributed by atoms with Crippen LogP contribution in [0.1, 0.15) is 50.0 Å². The molecular formula is C36H44FN10O11P2Si+. The molecule has 2 saturated heterocycles. The molecule has 1 aromatic carbocycles. The lowest BCUT2D eigenvalue weighted by Crippen LogP contribution is -2.49. The number of anilines is 1. The number of aromatic amines is 1. The van der Waals surface area contributed by atoms with Gasteiger partial charge < -0.3 is 38.4 Å². The van der Waals surface area contributed by atoms with Gasteiger partial charge in [0.2, 0.25) is 0 Å². The monoisotopic (exact) mass is 901 g/mol. The van der Waals surface area contributed by atoms with Crippen LogP contribution in [-0.4, -0.2) is 119 Å². The van der Waals surface area contributed by atoms with Crippen LogP contribution in [0.15, 0.2) is 60.4 Å². The smallest absolute Gasteiger partial charge is 0.406 e. The van der Waals surface area contributed by atoms with Crippen molar-refractivity contribution in [2.75, 3.05) is 25.1 Å². The van der Waals surface area contributed by atoms with Gasteiger partial charge in [0.15, 0.2) is 55.1 Å². The molecule has 21 nitrogen and oxygen atoms in total. The van der Waals surface area contributed by atoms with Crippen molar-refractivity contribution in [3.8, 4) is 6.07 Å². The fourth-order valence-electron chi connectivity index (χ4n) is 6.99. The molecule has 5 aromatic rings. The molecule has 2 fully saturated rings. The number of hydrogen-bond donors (Lipinski definition) is 4. The third-order valence-electron chi connectivity index (χ3n) is 11.1. The Hall–Kier alpha value is -4.72. The number of aliphatic hydroxyl groups is 1. The molecule has 61 heavy (non-hydrogen) atoms. The summed E-state index contributed by atoms with van der Waals surface area (Å²) in [5.74, 6) is -0.402. The Bertz CT molecular complexity index is 2570. The molecule has 4 aromatic heterocycles. The van der Waals surface area contributed by atoms with Crippen molar-refractivity contribution in [2.24, 2.45) is 0 Å².